The van der Waals surface area contributed by atoms with Gasteiger partial charge in [0, 0.05) is 25.2 Å². The third kappa shape index (κ3) is 4.96. The van der Waals surface area contributed by atoms with Gasteiger partial charge in [-0.1, -0.05) is 12.1 Å². The first-order valence-corrected chi connectivity index (χ1v) is 9.22. The van der Waals surface area contributed by atoms with E-state index in [1.54, 1.807) is 14.0 Å². The maximum Gasteiger partial charge on any atom is 0.387 e. The van der Waals surface area contributed by atoms with Crippen molar-refractivity contribution in [3.63, 3.8) is 0 Å². The minimum Gasteiger partial charge on any atom is -0.435 e. The summed E-state index contributed by atoms with van der Waals surface area (Å²) in [6.45, 7) is -0.539. The zero-order valence-electron chi connectivity index (χ0n) is 16.9. The van der Waals surface area contributed by atoms with Gasteiger partial charge in [-0.2, -0.15) is 13.9 Å². The summed E-state index contributed by atoms with van der Waals surface area (Å²) < 4.78 is 57.6. The molecule has 0 aliphatic carbocycles. The lowest BCUT2D eigenvalue weighted by Crippen LogP contribution is -2.16. The molecule has 0 bridgehead atoms. The molecule has 0 unspecified atom stereocenters. The second-order valence-corrected chi connectivity index (χ2v) is 6.77. The number of nitrogens with zero attached hydrogens (tertiary/aromatic N) is 2. The Hall–Kier alpha value is -3.56. The number of alkyl halides is 4. The summed E-state index contributed by atoms with van der Waals surface area (Å²) in [5.41, 5.74) is 1.08. The summed E-state index contributed by atoms with van der Waals surface area (Å²) in [5.74, 6) is -3.26. The number of halogens is 4. The summed E-state index contributed by atoms with van der Waals surface area (Å²) in [4.78, 5) is 12.9. The number of carbonyl (C=O) groups excluding carboxylic acids is 1. The average molecular weight is 436 g/mol. The molecule has 3 aromatic rings. The van der Waals surface area contributed by atoms with Crippen LogP contribution in [0.2, 0.25) is 0 Å². The van der Waals surface area contributed by atoms with E-state index in [9.17, 15) is 22.4 Å². The van der Waals surface area contributed by atoms with E-state index in [4.69, 9.17) is 0 Å². The molecule has 0 saturated heterocycles. The van der Waals surface area contributed by atoms with E-state index in [-0.39, 0.29) is 22.6 Å². The molecule has 164 valence electrons. The first-order chi connectivity index (χ1) is 14.6. The lowest BCUT2D eigenvalue weighted by molar-refractivity contribution is -0.0498. The molecule has 2 aromatic carbocycles. The SMILES string of the molecule is CNc1c(C(=O)Nc2cccc(C(C)(F)F)c2)c(C)nn1-c1ccc(OC(F)F)cc1. The Balaban J connectivity index is 1.91. The van der Waals surface area contributed by atoms with Crippen LogP contribution in [0.25, 0.3) is 5.69 Å². The number of aromatic nitrogens is 2. The van der Waals surface area contributed by atoms with Gasteiger partial charge in [0.2, 0.25) is 0 Å². The van der Waals surface area contributed by atoms with Crippen LogP contribution in [0.15, 0.2) is 48.5 Å². The summed E-state index contributed by atoms with van der Waals surface area (Å²) in [5, 5.41) is 9.86. The van der Waals surface area contributed by atoms with Gasteiger partial charge in [0.1, 0.15) is 17.1 Å². The van der Waals surface area contributed by atoms with Gasteiger partial charge in [-0.25, -0.2) is 13.5 Å². The van der Waals surface area contributed by atoms with Crippen LogP contribution in [0.3, 0.4) is 0 Å². The lowest BCUT2D eigenvalue weighted by atomic mass is 10.1. The maximum atomic E-state index is 13.6. The number of rotatable bonds is 7. The van der Waals surface area contributed by atoms with E-state index in [1.165, 1.54) is 53.2 Å². The first kappa shape index (κ1) is 22.1. The minimum absolute atomic E-state index is 0.0146. The normalized spacial score (nSPS) is 11.5. The molecule has 0 fully saturated rings. The molecule has 0 atom stereocenters. The highest BCUT2D eigenvalue weighted by Crippen LogP contribution is 2.30. The van der Waals surface area contributed by atoms with Crippen LogP contribution in [-0.4, -0.2) is 29.3 Å². The molecule has 0 aliphatic heterocycles. The van der Waals surface area contributed by atoms with Crippen molar-refractivity contribution in [3.8, 4) is 11.4 Å². The van der Waals surface area contributed by atoms with Crippen molar-refractivity contribution >= 4 is 17.4 Å². The molecule has 1 heterocycles. The standard InChI is InChI=1S/C21H20F4N4O2/c1-12-17(19(30)27-14-6-4-5-13(11-14)21(2,24)25)18(26-3)29(28-12)15-7-9-16(10-8-15)31-20(22)23/h4-11,20,26H,1-3H3,(H,27,30). The predicted octanol–water partition coefficient (Wildman–Crippen LogP) is 5.19. The molecular formula is C21H20F4N4O2. The highest BCUT2D eigenvalue weighted by Gasteiger charge is 2.26. The Morgan fingerprint density at radius 2 is 1.84 bits per heavy atom. The number of carbonyl (C=O) groups is 1. The van der Waals surface area contributed by atoms with E-state index < -0.39 is 18.4 Å². The van der Waals surface area contributed by atoms with Crippen LogP contribution < -0.4 is 15.4 Å². The number of anilines is 2. The number of nitrogens with one attached hydrogen (secondary N) is 2. The highest BCUT2D eigenvalue weighted by atomic mass is 19.3. The van der Waals surface area contributed by atoms with Crippen molar-refractivity contribution in [1.29, 1.82) is 0 Å². The zero-order valence-corrected chi connectivity index (χ0v) is 16.9. The molecule has 6 nitrogen and oxygen atoms in total. The largest absolute Gasteiger partial charge is 0.435 e. The van der Waals surface area contributed by atoms with Gasteiger partial charge in [0.25, 0.3) is 11.8 Å². The third-order valence-corrected chi connectivity index (χ3v) is 4.46. The van der Waals surface area contributed by atoms with Gasteiger partial charge in [0.05, 0.1) is 11.4 Å². The monoisotopic (exact) mass is 436 g/mol. The van der Waals surface area contributed by atoms with Crippen LogP contribution in [0.1, 0.15) is 28.5 Å². The average Bonchev–Trinajstić information content (AvgIpc) is 3.04. The Morgan fingerprint density at radius 1 is 1.16 bits per heavy atom. The molecule has 0 spiro atoms. The minimum atomic E-state index is -3.04. The molecule has 0 saturated carbocycles. The van der Waals surface area contributed by atoms with Crippen LogP contribution >= 0.6 is 0 Å². The van der Waals surface area contributed by atoms with E-state index in [0.29, 0.717) is 17.2 Å². The second kappa shape index (κ2) is 8.66. The Morgan fingerprint density at radius 3 is 2.42 bits per heavy atom. The molecule has 2 N–H and O–H groups in total. The van der Waals surface area contributed by atoms with Crippen molar-refractivity contribution in [3.05, 3.63) is 65.4 Å². The summed E-state index contributed by atoms with van der Waals surface area (Å²) in [6, 6.07) is 11.2. The van der Waals surface area contributed by atoms with Crippen molar-refractivity contribution < 1.29 is 27.1 Å². The molecule has 1 aromatic heterocycles. The zero-order chi connectivity index (χ0) is 22.8. The van der Waals surface area contributed by atoms with Crippen molar-refractivity contribution in [2.45, 2.75) is 26.4 Å². The van der Waals surface area contributed by atoms with Gasteiger partial charge in [-0.15, -0.1) is 0 Å². The molecule has 3 rings (SSSR count). The molecular weight excluding hydrogens is 416 g/mol. The second-order valence-electron chi connectivity index (χ2n) is 6.77. The molecule has 10 heteroatoms. The maximum absolute atomic E-state index is 13.6. The predicted molar refractivity (Wildman–Crippen MR) is 108 cm³/mol. The summed E-state index contributed by atoms with van der Waals surface area (Å²) in [7, 11) is 1.59. The van der Waals surface area contributed by atoms with Gasteiger partial charge in [0.15, 0.2) is 0 Å². The smallest absolute Gasteiger partial charge is 0.387 e. The fourth-order valence-corrected chi connectivity index (χ4v) is 3.05. The van der Waals surface area contributed by atoms with Gasteiger partial charge < -0.3 is 15.4 Å². The van der Waals surface area contributed by atoms with Crippen LogP contribution in [0, 0.1) is 6.92 Å². The Labute approximate surface area is 175 Å². The number of amides is 1. The lowest BCUT2D eigenvalue weighted by Gasteiger charge is -2.13. The number of hydrogen-bond donors (Lipinski definition) is 2. The summed E-state index contributed by atoms with van der Waals surface area (Å²) >= 11 is 0. The van der Waals surface area contributed by atoms with E-state index in [0.717, 1.165) is 6.92 Å². The van der Waals surface area contributed by atoms with Crippen molar-refractivity contribution in [2.75, 3.05) is 17.7 Å². The van der Waals surface area contributed by atoms with Crippen LogP contribution in [-0.2, 0) is 5.92 Å². The van der Waals surface area contributed by atoms with E-state index >= 15 is 0 Å². The number of hydrogen-bond acceptors (Lipinski definition) is 4. The first-order valence-electron chi connectivity index (χ1n) is 9.22. The van der Waals surface area contributed by atoms with Gasteiger partial charge in [-0.05, 0) is 43.3 Å². The fraction of sp³-hybridized carbons (Fsp3) is 0.238. The quantitative estimate of drug-likeness (QED) is 0.501. The third-order valence-electron chi connectivity index (χ3n) is 4.46. The van der Waals surface area contributed by atoms with Crippen molar-refractivity contribution in [2.24, 2.45) is 0 Å². The Kier molecular flexibility index (Phi) is 6.19. The highest BCUT2D eigenvalue weighted by molar-refractivity contribution is 6.08. The topological polar surface area (TPSA) is 68.2 Å². The fourth-order valence-electron chi connectivity index (χ4n) is 3.05. The number of benzene rings is 2. The molecule has 0 aliphatic rings. The Bertz CT molecular complexity index is 1080. The van der Waals surface area contributed by atoms with Crippen LogP contribution in [0.4, 0.5) is 29.1 Å². The van der Waals surface area contributed by atoms with Gasteiger partial charge in [-0.3, -0.25) is 4.79 Å². The van der Waals surface area contributed by atoms with Gasteiger partial charge >= 0.3 is 6.61 Å². The van der Waals surface area contributed by atoms with E-state index in [1.807, 2.05) is 0 Å². The molecule has 1 amide bonds. The molecule has 31 heavy (non-hydrogen) atoms. The van der Waals surface area contributed by atoms with E-state index in [2.05, 4.69) is 20.5 Å². The van der Waals surface area contributed by atoms with Crippen LogP contribution in [0.5, 0.6) is 5.75 Å². The number of aryl methyl sites for hydroxylation is 1. The summed E-state index contributed by atoms with van der Waals surface area (Å²) in [6.07, 6.45) is 0. The molecule has 0 radical (unpaired) electrons. The van der Waals surface area contributed by atoms with Crippen molar-refractivity contribution in [1.82, 2.24) is 9.78 Å². The number of ether oxygens (including phenoxy) is 1.